The fraction of sp³-hybridized carbons (Fsp3) is 0. The Kier molecular flexibility index (Phi) is 8.48. The summed E-state index contributed by atoms with van der Waals surface area (Å²) < 4.78 is 2.64. The van der Waals surface area contributed by atoms with Gasteiger partial charge in [0.1, 0.15) is 0 Å². The van der Waals surface area contributed by atoms with E-state index in [1.54, 1.807) is 0 Å². The van der Waals surface area contributed by atoms with Crippen LogP contribution in [0.3, 0.4) is 0 Å². The second-order valence-corrected chi connectivity index (χ2v) is 15.2. The molecule has 0 unspecified atom stereocenters. The van der Waals surface area contributed by atoms with Gasteiger partial charge in [0.2, 0.25) is 0 Å². The van der Waals surface area contributed by atoms with Crippen molar-refractivity contribution in [2.75, 3.05) is 0 Å². The molecule has 0 aliphatic rings. The summed E-state index contributed by atoms with van der Waals surface area (Å²) in [5.74, 6) is 0. The van der Waals surface area contributed by atoms with E-state index in [-0.39, 0.29) is 0 Å². The Morgan fingerprint density at radius 3 is 1.09 bits per heavy atom. The van der Waals surface area contributed by atoms with E-state index in [1.165, 1.54) is 98.1 Å². The smallest absolute Gasteiger partial charge is 0.0433 e. The van der Waals surface area contributed by atoms with Crippen LogP contribution in [0.5, 0.6) is 0 Å². The minimum atomic E-state index is 1.20. The van der Waals surface area contributed by atoms with E-state index >= 15 is 0 Å². The molecular weight excluding hydrogens is 681 g/mol. The summed E-state index contributed by atoms with van der Waals surface area (Å²) in [6, 6.07) is 79.7. The maximum absolute atomic E-state index is 2.38. The molecule has 0 saturated carbocycles. The summed E-state index contributed by atoms with van der Waals surface area (Å²) >= 11 is 1.88. The van der Waals surface area contributed by atoms with Crippen LogP contribution < -0.4 is 0 Å². The van der Waals surface area contributed by atoms with Crippen molar-refractivity contribution in [1.82, 2.24) is 0 Å². The lowest BCUT2D eigenvalue weighted by Crippen LogP contribution is -1.88. The van der Waals surface area contributed by atoms with Crippen LogP contribution in [-0.4, -0.2) is 0 Å². The summed E-state index contributed by atoms with van der Waals surface area (Å²) in [6.45, 7) is 0. The van der Waals surface area contributed by atoms with Crippen LogP contribution in [0.15, 0.2) is 218 Å². The van der Waals surface area contributed by atoms with Gasteiger partial charge in [0.25, 0.3) is 0 Å². The molecule has 0 nitrogen and oxygen atoms in total. The highest BCUT2D eigenvalue weighted by Gasteiger charge is 2.14. The molecule has 0 amide bonds. The van der Waals surface area contributed by atoms with Crippen molar-refractivity contribution in [1.29, 1.82) is 0 Å². The van der Waals surface area contributed by atoms with Crippen molar-refractivity contribution in [3.05, 3.63) is 218 Å². The van der Waals surface area contributed by atoms with Crippen LogP contribution in [0.1, 0.15) is 0 Å². The molecule has 1 heterocycles. The van der Waals surface area contributed by atoms with Gasteiger partial charge in [0, 0.05) is 20.2 Å². The molecule has 258 valence electrons. The Labute approximate surface area is 326 Å². The predicted octanol–water partition coefficient (Wildman–Crippen LogP) is 15.7. The van der Waals surface area contributed by atoms with Gasteiger partial charge in [-0.1, -0.05) is 182 Å². The van der Waals surface area contributed by atoms with Gasteiger partial charge in [-0.3, -0.25) is 0 Å². The van der Waals surface area contributed by atoms with E-state index < -0.39 is 0 Å². The Balaban J connectivity index is 1.08. The molecule has 0 aliphatic heterocycles. The topological polar surface area (TPSA) is 0 Å². The maximum Gasteiger partial charge on any atom is 0.0433 e. The molecule has 9 aromatic carbocycles. The molecule has 0 atom stereocenters. The minimum absolute atomic E-state index is 1.20. The van der Waals surface area contributed by atoms with Crippen molar-refractivity contribution in [2.24, 2.45) is 0 Å². The lowest BCUT2D eigenvalue weighted by Gasteiger charge is -2.14. The highest BCUT2D eigenvalue weighted by molar-refractivity contribution is 7.26. The van der Waals surface area contributed by atoms with Gasteiger partial charge >= 0.3 is 0 Å². The Bertz CT molecular complexity index is 2790. The van der Waals surface area contributed by atoms with Crippen LogP contribution in [0.2, 0.25) is 0 Å². The monoisotopic (exact) mass is 716 g/mol. The number of rotatable bonds is 7. The molecule has 10 aromatic rings. The van der Waals surface area contributed by atoms with Crippen LogP contribution in [0.25, 0.3) is 98.1 Å². The van der Waals surface area contributed by atoms with Crippen LogP contribution in [-0.2, 0) is 0 Å². The van der Waals surface area contributed by atoms with Crippen molar-refractivity contribution >= 4 is 31.5 Å². The average Bonchev–Trinajstić information content (AvgIpc) is 3.66. The van der Waals surface area contributed by atoms with Crippen molar-refractivity contribution in [3.63, 3.8) is 0 Å². The maximum atomic E-state index is 2.38. The normalized spacial score (nSPS) is 11.3. The quantitative estimate of drug-likeness (QED) is 0.154. The second-order valence-electron chi connectivity index (χ2n) is 14.1. The standard InChI is InChI=1S/C54H36S/c1-3-12-37(13-4-1)39-24-28-41(29-25-39)43-16-9-18-45(32-43)47-34-48(36-49(35-47)50-21-11-22-52-51-20-7-8-23-53(51)55-54(50)52)46-19-10-17-44(33-46)42-30-26-40(27-31-42)38-14-5-2-6-15-38/h1-36H. The number of hydrogen-bond acceptors (Lipinski definition) is 1. The molecule has 0 fully saturated rings. The molecule has 0 saturated heterocycles. The summed E-state index contributed by atoms with van der Waals surface area (Å²) in [5.41, 5.74) is 17.0. The van der Waals surface area contributed by atoms with Crippen LogP contribution in [0, 0.1) is 0 Å². The van der Waals surface area contributed by atoms with Gasteiger partial charge in [0.15, 0.2) is 0 Å². The average molecular weight is 717 g/mol. The fourth-order valence-corrected chi connectivity index (χ4v) is 9.06. The van der Waals surface area contributed by atoms with E-state index in [4.69, 9.17) is 0 Å². The summed E-state index contributed by atoms with van der Waals surface area (Å²) in [5, 5.41) is 2.63. The first-order valence-electron chi connectivity index (χ1n) is 18.8. The summed E-state index contributed by atoms with van der Waals surface area (Å²) in [6.07, 6.45) is 0. The first kappa shape index (κ1) is 32.8. The van der Waals surface area contributed by atoms with E-state index in [0.29, 0.717) is 0 Å². The minimum Gasteiger partial charge on any atom is -0.135 e. The Morgan fingerprint density at radius 1 is 0.218 bits per heavy atom. The van der Waals surface area contributed by atoms with Crippen molar-refractivity contribution < 1.29 is 0 Å². The third-order valence-electron chi connectivity index (χ3n) is 10.7. The third-order valence-corrected chi connectivity index (χ3v) is 11.9. The largest absolute Gasteiger partial charge is 0.135 e. The number of hydrogen-bond donors (Lipinski definition) is 0. The highest BCUT2D eigenvalue weighted by atomic mass is 32.1. The fourth-order valence-electron chi connectivity index (χ4n) is 7.82. The molecule has 1 aromatic heterocycles. The molecule has 0 aliphatic carbocycles. The summed E-state index contributed by atoms with van der Waals surface area (Å²) in [7, 11) is 0. The zero-order valence-corrected chi connectivity index (χ0v) is 31.0. The van der Waals surface area contributed by atoms with Gasteiger partial charge < -0.3 is 0 Å². The number of benzene rings is 9. The zero-order valence-electron chi connectivity index (χ0n) is 30.2. The molecule has 0 radical (unpaired) electrons. The van der Waals surface area contributed by atoms with Gasteiger partial charge in [-0.2, -0.15) is 0 Å². The molecule has 0 N–H and O–H groups in total. The van der Waals surface area contributed by atoms with Gasteiger partial charge in [-0.25, -0.2) is 0 Å². The second kappa shape index (κ2) is 14.2. The van der Waals surface area contributed by atoms with Crippen molar-refractivity contribution in [2.45, 2.75) is 0 Å². The van der Waals surface area contributed by atoms with E-state index in [0.717, 1.165) is 0 Å². The molecule has 1 heteroatoms. The SMILES string of the molecule is c1ccc(-c2ccc(-c3cccc(-c4cc(-c5cccc(-c6ccc(-c7ccccc7)cc6)c5)cc(-c5cccc6c5sc5ccccc56)c4)c3)cc2)cc1. The Morgan fingerprint density at radius 2 is 0.564 bits per heavy atom. The van der Waals surface area contributed by atoms with Gasteiger partial charge in [-0.05, 0) is 114 Å². The van der Waals surface area contributed by atoms with Gasteiger partial charge in [-0.15, -0.1) is 11.3 Å². The number of fused-ring (bicyclic) bond motifs is 3. The first-order valence-corrected chi connectivity index (χ1v) is 19.6. The highest BCUT2D eigenvalue weighted by Crippen LogP contribution is 2.42. The van der Waals surface area contributed by atoms with E-state index in [9.17, 15) is 0 Å². The van der Waals surface area contributed by atoms with Crippen LogP contribution in [0.4, 0.5) is 0 Å². The molecule has 0 bridgehead atoms. The predicted molar refractivity (Wildman–Crippen MR) is 237 cm³/mol. The lowest BCUT2D eigenvalue weighted by atomic mass is 9.90. The zero-order chi connectivity index (χ0) is 36.6. The van der Waals surface area contributed by atoms with Gasteiger partial charge in [0.05, 0.1) is 0 Å². The number of thiophene rings is 1. The molecular formula is C54H36S. The van der Waals surface area contributed by atoms with E-state index in [2.05, 4.69) is 218 Å². The van der Waals surface area contributed by atoms with E-state index in [1.807, 2.05) is 11.3 Å². The Hall–Kier alpha value is -6.80. The molecule has 55 heavy (non-hydrogen) atoms. The van der Waals surface area contributed by atoms with Crippen molar-refractivity contribution in [3.8, 4) is 77.9 Å². The lowest BCUT2D eigenvalue weighted by molar-refractivity contribution is 1.55. The third kappa shape index (κ3) is 6.46. The van der Waals surface area contributed by atoms with Crippen LogP contribution >= 0.6 is 11.3 Å². The summed E-state index contributed by atoms with van der Waals surface area (Å²) in [4.78, 5) is 0. The molecule has 0 spiro atoms. The molecule has 10 rings (SSSR count). The first-order chi connectivity index (χ1) is 27.2.